The van der Waals surface area contributed by atoms with Crippen LogP contribution in [0.2, 0.25) is 0 Å². The molecule has 4 heteroatoms. The fraction of sp³-hybridized carbons (Fsp3) is 0.533. The minimum absolute atomic E-state index is 0. The molecule has 0 aliphatic heterocycles. The third-order valence-corrected chi connectivity index (χ3v) is 4.10. The topological polar surface area (TPSA) is 55.1 Å². The first-order chi connectivity index (χ1) is 8.52. The average Bonchev–Trinajstić information content (AvgIpc) is 3.11. The van der Waals surface area contributed by atoms with Gasteiger partial charge in [0.1, 0.15) is 0 Å². The molecule has 0 heterocycles. The zero-order valence-electron chi connectivity index (χ0n) is 11.6. The highest BCUT2D eigenvalue weighted by Gasteiger charge is 2.45. The Morgan fingerprint density at radius 2 is 1.89 bits per heavy atom. The summed E-state index contributed by atoms with van der Waals surface area (Å²) in [5.41, 5.74) is 7.73. The molecular weight excluding hydrogens is 260 g/mol. The van der Waals surface area contributed by atoms with E-state index in [1.54, 1.807) is 0 Å². The van der Waals surface area contributed by atoms with Crippen LogP contribution in [-0.4, -0.2) is 12.5 Å². The maximum absolute atomic E-state index is 11.9. The van der Waals surface area contributed by atoms with E-state index >= 15 is 0 Å². The lowest BCUT2D eigenvalue weighted by molar-refractivity contribution is -0.120. The van der Waals surface area contributed by atoms with Crippen LogP contribution in [0.5, 0.6) is 0 Å². The molecule has 0 spiro atoms. The Kier molecular flexibility index (Phi) is 5.24. The summed E-state index contributed by atoms with van der Waals surface area (Å²) in [6, 6.07) is 7.48. The normalized spacial score (nSPS) is 15.7. The Balaban J connectivity index is 0.00000180. The van der Waals surface area contributed by atoms with Gasteiger partial charge in [-0.05, 0) is 41.9 Å². The standard InChI is InChI=1S/C15H22N2O.ClH/c1-11(2)15(7-8-15)10-17-14(18)9-12-3-5-13(16)6-4-12;/h3-6,11H,7-10,16H2,1-2H3,(H,17,18);1H. The summed E-state index contributed by atoms with van der Waals surface area (Å²) in [5, 5.41) is 3.06. The second kappa shape index (κ2) is 6.29. The molecule has 106 valence electrons. The van der Waals surface area contributed by atoms with Crippen molar-refractivity contribution in [2.24, 2.45) is 11.3 Å². The zero-order chi connectivity index (χ0) is 13.2. The number of anilines is 1. The van der Waals surface area contributed by atoms with Gasteiger partial charge in [0, 0.05) is 12.2 Å². The van der Waals surface area contributed by atoms with Gasteiger partial charge in [-0.25, -0.2) is 0 Å². The zero-order valence-corrected chi connectivity index (χ0v) is 12.4. The van der Waals surface area contributed by atoms with E-state index in [0.29, 0.717) is 17.8 Å². The van der Waals surface area contributed by atoms with Crippen molar-refractivity contribution in [2.45, 2.75) is 33.1 Å². The molecule has 0 atom stereocenters. The molecule has 3 N–H and O–H groups in total. The number of nitrogens with one attached hydrogen (secondary N) is 1. The monoisotopic (exact) mass is 282 g/mol. The number of halogens is 1. The van der Waals surface area contributed by atoms with Gasteiger partial charge in [0.25, 0.3) is 0 Å². The number of amides is 1. The van der Waals surface area contributed by atoms with Gasteiger partial charge in [0.2, 0.25) is 5.91 Å². The number of hydrogen-bond acceptors (Lipinski definition) is 2. The van der Waals surface area contributed by atoms with E-state index in [1.807, 2.05) is 24.3 Å². The second-order valence-corrected chi connectivity index (χ2v) is 5.71. The van der Waals surface area contributed by atoms with Crippen LogP contribution in [-0.2, 0) is 11.2 Å². The Morgan fingerprint density at radius 3 is 2.37 bits per heavy atom. The molecule has 1 aromatic rings. The third-order valence-electron chi connectivity index (χ3n) is 4.10. The van der Waals surface area contributed by atoms with Crippen molar-refractivity contribution in [1.82, 2.24) is 5.32 Å². The van der Waals surface area contributed by atoms with Crippen LogP contribution in [0.25, 0.3) is 0 Å². The Labute approximate surface area is 121 Å². The summed E-state index contributed by atoms with van der Waals surface area (Å²) < 4.78 is 0. The van der Waals surface area contributed by atoms with Crippen LogP contribution in [0.3, 0.4) is 0 Å². The lowest BCUT2D eigenvalue weighted by atomic mass is 9.92. The Hall–Kier alpha value is -1.22. The molecule has 1 saturated carbocycles. The maximum atomic E-state index is 11.9. The Morgan fingerprint density at radius 1 is 1.32 bits per heavy atom. The predicted molar refractivity (Wildman–Crippen MR) is 81.3 cm³/mol. The smallest absolute Gasteiger partial charge is 0.224 e. The number of nitrogens with two attached hydrogens (primary N) is 1. The van der Waals surface area contributed by atoms with Gasteiger partial charge in [-0.2, -0.15) is 0 Å². The molecule has 0 radical (unpaired) electrons. The SMILES string of the molecule is CC(C)C1(CNC(=O)Cc2ccc(N)cc2)CC1.Cl. The molecule has 0 aromatic heterocycles. The first-order valence-corrected chi connectivity index (χ1v) is 6.63. The lowest BCUT2D eigenvalue weighted by Gasteiger charge is -2.20. The minimum Gasteiger partial charge on any atom is -0.399 e. The molecule has 19 heavy (non-hydrogen) atoms. The highest BCUT2D eigenvalue weighted by Crippen LogP contribution is 2.51. The molecule has 2 rings (SSSR count). The van der Waals surface area contributed by atoms with Gasteiger partial charge in [0.05, 0.1) is 6.42 Å². The van der Waals surface area contributed by atoms with Gasteiger partial charge in [0.15, 0.2) is 0 Å². The highest BCUT2D eigenvalue weighted by atomic mass is 35.5. The van der Waals surface area contributed by atoms with Crippen molar-refractivity contribution in [3.63, 3.8) is 0 Å². The van der Waals surface area contributed by atoms with Crippen molar-refractivity contribution < 1.29 is 4.79 Å². The van der Waals surface area contributed by atoms with Gasteiger partial charge in [-0.15, -0.1) is 12.4 Å². The van der Waals surface area contributed by atoms with E-state index in [2.05, 4.69) is 19.2 Å². The van der Waals surface area contributed by atoms with Crippen molar-refractivity contribution in [2.75, 3.05) is 12.3 Å². The third kappa shape index (κ3) is 4.13. The minimum atomic E-state index is 0. The summed E-state index contributed by atoms with van der Waals surface area (Å²) in [4.78, 5) is 11.9. The van der Waals surface area contributed by atoms with Crippen molar-refractivity contribution in [3.8, 4) is 0 Å². The number of rotatable bonds is 5. The quantitative estimate of drug-likeness (QED) is 0.816. The number of carbonyl (C=O) groups excluding carboxylic acids is 1. The van der Waals surface area contributed by atoms with E-state index < -0.39 is 0 Å². The Bertz CT molecular complexity index is 424. The number of nitrogen functional groups attached to an aromatic ring is 1. The lowest BCUT2D eigenvalue weighted by Crippen LogP contribution is -2.33. The molecule has 1 amide bonds. The van der Waals surface area contributed by atoms with Gasteiger partial charge >= 0.3 is 0 Å². The van der Waals surface area contributed by atoms with E-state index in [1.165, 1.54) is 12.8 Å². The molecule has 0 bridgehead atoms. The van der Waals surface area contributed by atoms with E-state index in [4.69, 9.17) is 5.73 Å². The first kappa shape index (κ1) is 15.8. The first-order valence-electron chi connectivity index (χ1n) is 6.63. The van der Waals surface area contributed by atoms with Crippen molar-refractivity contribution in [3.05, 3.63) is 29.8 Å². The molecule has 0 unspecified atom stereocenters. The maximum Gasteiger partial charge on any atom is 0.224 e. The van der Waals surface area contributed by atoms with Gasteiger partial charge in [-0.1, -0.05) is 26.0 Å². The molecule has 1 aliphatic carbocycles. The highest BCUT2D eigenvalue weighted by molar-refractivity contribution is 5.85. The number of benzene rings is 1. The molecule has 1 aliphatic rings. The fourth-order valence-corrected chi connectivity index (χ4v) is 2.28. The van der Waals surface area contributed by atoms with Crippen LogP contribution in [0.15, 0.2) is 24.3 Å². The molecule has 3 nitrogen and oxygen atoms in total. The van der Waals surface area contributed by atoms with Crippen LogP contribution >= 0.6 is 12.4 Å². The summed E-state index contributed by atoms with van der Waals surface area (Å²) in [6.45, 7) is 5.29. The van der Waals surface area contributed by atoms with E-state index in [9.17, 15) is 4.79 Å². The average molecular weight is 283 g/mol. The van der Waals surface area contributed by atoms with Crippen LogP contribution < -0.4 is 11.1 Å². The number of carbonyl (C=O) groups is 1. The van der Waals surface area contributed by atoms with Crippen LogP contribution in [0.4, 0.5) is 5.69 Å². The summed E-state index contributed by atoms with van der Waals surface area (Å²) in [7, 11) is 0. The van der Waals surface area contributed by atoms with E-state index in [-0.39, 0.29) is 18.3 Å². The van der Waals surface area contributed by atoms with Crippen LogP contribution in [0, 0.1) is 11.3 Å². The largest absolute Gasteiger partial charge is 0.399 e. The van der Waals surface area contributed by atoms with Crippen molar-refractivity contribution >= 4 is 24.0 Å². The number of hydrogen-bond donors (Lipinski definition) is 2. The fourth-order valence-electron chi connectivity index (χ4n) is 2.28. The molecule has 1 aromatic carbocycles. The predicted octanol–water partition coefficient (Wildman–Crippen LogP) is 2.79. The molecule has 0 saturated heterocycles. The molecular formula is C15H23ClN2O. The summed E-state index contributed by atoms with van der Waals surface area (Å²) >= 11 is 0. The van der Waals surface area contributed by atoms with Gasteiger partial charge < -0.3 is 11.1 Å². The second-order valence-electron chi connectivity index (χ2n) is 5.71. The van der Waals surface area contributed by atoms with Crippen molar-refractivity contribution in [1.29, 1.82) is 0 Å². The van der Waals surface area contributed by atoms with E-state index in [0.717, 1.165) is 17.8 Å². The van der Waals surface area contributed by atoms with Crippen LogP contribution in [0.1, 0.15) is 32.3 Å². The molecule has 1 fully saturated rings. The summed E-state index contributed by atoms with van der Waals surface area (Å²) in [6.07, 6.45) is 2.92. The summed E-state index contributed by atoms with van der Waals surface area (Å²) in [5.74, 6) is 0.751. The van der Waals surface area contributed by atoms with Gasteiger partial charge in [-0.3, -0.25) is 4.79 Å².